The lowest BCUT2D eigenvalue weighted by Gasteiger charge is -2.16. The number of carbonyl (C=O) groups excluding carboxylic acids is 1. The van der Waals surface area contributed by atoms with Crippen molar-refractivity contribution in [3.63, 3.8) is 0 Å². The molecule has 1 rings (SSSR count). The first kappa shape index (κ1) is 19.9. The highest BCUT2D eigenvalue weighted by Crippen LogP contribution is 2.34. The molecule has 0 fully saturated rings. The summed E-state index contributed by atoms with van der Waals surface area (Å²) in [4.78, 5) is 13.4. The summed E-state index contributed by atoms with van der Waals surface area (Å²) in [5.74, 6) is 3.13. The molecule has 0 aliphatic carbocycles. The summed E-state index contributed by atoms with van der Waals surface area (Å²) in [5.41, 5.74) is 1.52. The van der Waals surface area contributed by atoms with Crippen LogP contribution in [0.5, 0.6) is 11.5 Å². The fraction of sp³-hybridized carbons (Fsp3) is 0.300. The number of likely N-dealkylation sites (N-methyl/N-ethyl adjacent to an activating group) is 1. The zero-order chi connectivity index (χ0) is 18.8. The number of rotatable bonds is 8. The molecule has 1 amide bonds. The number of benzene rings is 1. The first-order valence-electron chi connectivity index (χ1n) is 7.78. The molecule has 5 nitrogen and oxygen atoms in total. The average Bonchev–Trinajstić information content (AvgIpc) is 2.58. The Morgan fingerprint density at radius 2 is 2.12 bits per heavy atom. The average molecular weight is 338 g/mol. The number of amides is 1. The predicted octanol–water partition coefficient (Wildman–Crippen LogP) is 2.82. The lowest BCUT2D eigenvalue weighted by Crippen LogP contribution is -2.22. The zero-order valence-corrected chi connectivity index (χ0v) is 14.8. The number of hydrogen-bond donors (Lipinski definition) is 0. The summed E-state index contributed by atoms with van der Waals surface area (Å²) in [7, 11) is 3.19. The molecule has 0 atom stereocenters. The van der Waals surface area contributed by atoms with Crippen molar-refractivity contribution in [2.75, 3.05) is 27.3 Å². The molecule has 1 aromatic rings. The molecule has 0 spiro atoms. The summed E-state index contributed by atoms with van der Waals surface area (Å²) in [5, 5.41) is 9.26. The first-order valence-corrected chi connectivity index (χ1v) is 7.78. The van der Waals surface area contributed by atoms with E-state index in [0.717, 1.165) is 5.56 Å². The third-order valence-corrected chi connectivity index (χ3v) is 3.19. The van der Waals surface area contributed by atoms with Crippen LogP contribution in [0.25, 0.3) is 6.08 Å². The van der Waals surface area contributed by atoms with Crippen LogP contribution >= 0.6 is 0 Å². The summed E-state index contributed by atoms with van der Waals surface area (Å²) >= 11 is 0. The van der Waals surface area contributed by atoms with Crippen molar-refractivity contribution in [2.45, 2.75) is 13.3 Å². The minimum absolute atomic E-state index is 0.0364. The van der Waals surface area contributed by atoms with Gasteiger partial charge in [0.05, 0.1) is 6.61 Å². The van der Waals surface area contributed by atoms with Crippen molar-refractivity contribution in [3.05, 3.63) is 41.5 Å². The largest absolute Gasteiger partial charge is 0.490 e. The van der Waals surface area contributed by atoms with E-state index in [2.05, 4.69) is 12.5 Å². The fourth-order valence-corrected chi connectivity index (χ4v) is 2.16. The Hall–Kier alpha value is -3.18. The van der Waals surface area contributed by atoms with Crippen LogP contribution in [0.2, 0.25) is 0 Å². The molecule has 0 N–H and O–H groups in total. The first-order chi connectivity index (χ1) is 12.0. The highest BCUT2D eigenvalue weighted by molar-refractivity contribution is 6.01. The van der Waals surface area contributed by atoms with Crippen molar-refractivity contribution in [1.29, 1.82) is 5.26 Å². The van der Waals surface area contributed by atoms with Crippen LogP contribution in [0.15, 0.2) is 30.4 Å². The predicted molar refractivity (Wildman–Crippen MR) is 98.1 cm³/mol. The van der Waals surface area contributed by atoms with E-state index in [4.69, 9.17) is 15.9 Å². The van der Waals surface area contributed by atoms with Crippen LogP contribution < -0.4 is 9.47 Å². The van der Waals surface area contributed by atoms with Gasteiger partial charge in [0.1, 0.15) is 18.2 Å². The van der Waals surface area contributed by atoms with Gasteiger partial charge in [-0.15, -0.1) is 13.0 Å². The quantitative estimate of drug-likeness (QED) is 0.316. The van der Waals surface area contributed by atoms with Crippen molar-refractivity contribution < 1.29 is 14.3 Å². The molecule has 0 radical (unpaired) electrons. The maximum atomic E-state index is 12.0. The Kier molecular flexibility index (Phi) is 7.82. The maximum absolute atomic E-state index is 12.0. The molecule has 0 aliphatic heterocycles. The Balaban J connectivity index is 3.47. The molecule has 0 aliphatic rings. The topological polar surface area (TPSA) is 62.6 Å². The van der Waals surface area contributed by atoms with E-state index in [1.54, 1.807) is 26.2 Å². The van der Waals surface area contributed by atoms with Gasteiger partial charge in [0.15, 0.2) is 11.5 Å². The van der Waals surface area contributed by atoms with E-state index in [1.165, 1.54) is 11.0 Å². The van der Waals surface area contributed by atoms with Crippen LogP contribution in [0.3, 0.4) is 0 Å². The summed E-state index contributed by atoms with van der Waals surface area (Å²) in [6, 6.07) is 5.49. The Morgan fingerprint density at radius 3 is 2.64 bits per heavy atom. The number of nitrogens with zero attached hydrogens (tertiary/aromatic N) is 2. The molecule has 5 heteroatoms. The molecule has 130 valence electrons. The van der Waals surface area contributed by atoms with Gasteiger partial charge in [0.25, 0.3) is 5.91 Å². The van der Waals surface area contributed by atoms with Crippen molar-refractivity contribution in [2.24, 2.45) is 0 Å². The molecule has 0 heterocycles. The minimum Gasteiger partial charge on any atom is -0.490 e. The Bertz CT molecular complexity index is 749. The Morgan fingerprint density at radius 1 is 1.40 bits per heavy atom. The second-order valence-electron chi connectivity index (χ2n) is 5.30. The van der Waals surface area contributed by atoms with E-state index in [1.807, 2.05) is 19.1 Å². The SMILES string of the molecule is C#CCOc1c(CC=C)cc(/C=C(/C#N)C(=O)N(C)C)cc1OCC. The normalized spacial score (nSPS) is 10.4. The number of nitriles is 1. The third kappa shape index (κ3) is 5.44. The smallest absolute Gasteiger partial charge is 0.264 e. The van der Waals surface area contributed by atoms with Crippen molar-refractivity contribution in [3.8, 4) is 29.9 Å². The van der Waals surface area contributed by atoms with Gasteiger partial charge in [-0.25, -0.2) is 0 Å². The lowest BCUT2D eigenvalue weighted by atomic mass is 10.0. The molecule has 0 unspecified atom stereocenters. The molecule has 0 saturated heterocycles. The van der Waals surface area contributed by atoms with Gasteiger partial charge >= 0.3 is 0 Å². The van der Waals surface area contributed by atoms with Gasteiger partial charge in [-0.3, -0.25) is 4.79 Å². The van der Waals surface area contributed by atoms with Crippen molar-refractivity contribution in [1.82, 2.24) is 4.90 Å². The highest BCUT2D eigenvalue weighted by Gasteiger charge is 2.15. The number of terminal acetylenes is 1. The molecule has 0 saturated carbocycles. The van der Waals surface area contributed by atoms with Gasteiger partial charge in [0.2, 0.25) is 0 Å². The minimum atomic E-state index is -0.363. The number of ether oxygens (including phenoxy) is 2. The van der Waals surface area contributed by atoms with E-state index >= 15 is 0 Å². The number of hydrogen-bond acceptors (Lipinski definition) is 4. The molecule has 0 bridgehead atoms. The van der Waals surface area contributed by atoms with Gasteiger partial charge in [-0.1, -0.05) is 12.0 Å². The Labute approximate surface area is 149 Å². The van der Waals surface area contributed by atoms with Gasteiger partial charge < -0.3 is 14.4 Å². The van der Waals surface area contributed by atoms with E-state index < -0.39 is 0 Å². The van der Waals surface area contributed by atoms with Crippen LogP contribution in [-0.4, -0.2) is 38.1 Å². The highest BCUT2D eigenvalue weighted by atomic mass is 16.5. The molecular formula is C20H22N2O3. The standard InChI is InChI=1S/C20H22N2O3/c1-6-9-16-11-15(12-17(14-21)20(23)22(4)5)13-18(24-8-3)19(16)25-10-7-2/h2,6,11-13H,1,8-10H2,3-5H3/b17-12-. The fourth-order valence-electron chi connectivity index (χ4n) is 2.16. The van der Waals surface area contributed by atoms with Crippen LogP contribution in [0, 0.1) is 23.7 Å². The number of allylic oxidation sites excluding steroid dienone is 1. The maximum Gasteiger partial charge on any atom is 0.264 e. The van der Waals surface area contributed by atoms with Gasteiger partial charge in [-0.2, -0.15) is 5.26 Å². The lowest BCUT2D eigenvalue weighted by molar-refractivity contribution is -0.124. The molecular weight excluding hydrogens is 316 g/mol. The molecule has 0 aromatic heterocycles. The summed E-state index contributed by atoms with van der Waals surface area (Å²) < 4.78 is 11.3. The summed E-state index contributed by atoms with van der Waals surface area (Å²) in [6.07, 6.45) is 9.07. The monoisotopic (exact) mass is 338 g/mol. The summed E-state index contributed by atoms with van der Waals surface area (Å²) in [6.45, 7) is 6.16. The third-order valence-electron chi connectivity index (χ3n) is 3.19. The van der Waals surface area contributed by atoms with Crippen LogP contribution in [-0.2, 0) is 11.2 Å². The van der Waals surface area contributed by atoms with E-state index in [0.29, 0.717) is 30.1 Å². The van der Waals surface area contributed by atoms with E-state index in [9.17, 15) is 10.1 Å². The molecule has 1 aromatic carbocycles. The van der Waals surface area contributed by atoms with Gasteiger partial charge in [-0.05, 0) is 37.1 Å². The molecule has 25 heavy (non-hydrogen) atoms. The number of carbonyl (C=O) groups is 1. The van der Waals surface area contributed by atoms with E-state index in [-0.39, 0.29) is 18.1 Å². The van der Waals surface area contributed by atoms with Crippen molar-refractivity contribution >= 4 is 12.0 Å². The zero-order valence-electron chi connectivity index (χ0n) is 14.8. The van der Waals surface area contributed by atoms with Gasteiger partial charge in [0, 0.05) is 19.7 Å². The second-order valence-corrected chi connectivity index (χ2v) is 5.30. The second kappa shape index (κ2) is 9.85. The van der Waals surface area contributed by atoms with Crippen LogP contribution in [0.1, 0.15) is 18.1 Å². The van der Waals surface area contributed by atoms with Crippen LogP contribution in [0.4, 0.5) is 0 Å².